The lowest BCUT2D eigenvalue weighted by atomic mass is 10.0. The van der Waals surface area contributed by atoms with Gasteiger partial charge in [-0.15, -0.1) is 0 Å². The molecule has 0 radical (unpaired) electrons. The molecule has 154 valence electrons. The van der Waals surface area contributed by atoms with E-state index in [2.05, 4.69) is 20.4 Å². The SMILES string of the molecule is NC(N)=NCCCC1NC2(COC(n3ccc(N)nc3=O)C(O)C2)OC1=NO. The lowest BCUT2D eigenvalue weighted by Gasteiger charge is -2.39. The maximum Gasteiger partial charge on any atom is 0.351 e. The first-order valence-corrected chi connectivity index (χ1v) is 8.72. The van der Waals surface area contributed by atoms with Crippen LogP contribution in [0.3, 0.4) is 0 Å². The summed E-state index contributed by atoms with van der Waals surface area (Å²) in [6, 6.07) is 1.04. The monoisotopic (exact) mass is 396 g/mol. The summed E-state index contributed by atoms with van der Waals surface area (Å²) in [5.41, 5.74) is 14.4. The molecule has 1 spiro atoms. The van der Waals surface area contributed by atoms with Crippen LogP contribution in [-0.4, -0.2) is 62.7 Å². The van der Waals surface area contributed by atoms with Gasteiger partial charge in [0.05, 0.1) is 6.04 Å². The zero-order valence-corrected chi connectivity index (χ0v) is 15.1. The van der Waals surface area contributed by atoms with Crippen LogP contribution in [0.25, 0.3) is 0 Å². The number of aromatic nitrogens is 2. The summed E-state index contributed by atoms with van der Waals surface area (Å²) in [5, 5.41) is 26.2. The zero-order valence-electron chi connectivity index (χ0n) is 15.1. The van der Waals surface area contributed by atoms with Crippen LogP contribution in [0.5, 0.6) is 0 Å². The second-order valence-electron chi connectivity index (χ2n) is 6.70. The number of aliphatic hydroxyl groups excluding tert-OH is 1. The molecule has 2 aliphatic heterocycles. The normalized spacial score (nSPS) is 31.0. The molecule has 3 heterocycles. The Kier molecular flexibility index (Phi) is 5.67. The molecule has 2 fully saturated rings. The molecular weight excluding hydrogens is 372 g/mol. The van der Waals surface area contributed by atoms with Gasteiger partial charge >= 0.3 is 5.69 Å². The molecule has 3 rings (SSSR count). The summed E-state index contributed by atoms with van der Waals surface area (Å²) in [6.07, 6.45) is 0.646. The molecule has 0 aromatic carbocycles. The van der Waals surface area contributed by atoms with E-state index in [-0.39, 0.29) is 30.7 Å². The number of rotatable bonds is 5. The number of hydrogen-bond acceptors (Lipinski definition) is 10. The van der Waals surface area contributed by atoms with Gasteiger partial charge in [0.1, 0.15) is 18.5 Å². The highest BCUT2D eigenvalue weighted by atomic mass is 16.6. The fourth-order valence-corrected chi connectivity index (χ4v) is 3.35. The molecule has 0 bridgehead atoms. The number of aliphatic hydroxyl groups is 1. The van der Waals surface area contributed by atoms with E-state index in [4.69, 9.17) is 26.7 Å². The van der Waals surface area contributed by atoms with Crippen LogP contribution in [0, 0.1) is 0 Å². The van der Waals surface area contributed by atoms with Crippen molar-refractivity contribution < 1.29 is 19.8 Å². The lowest BCUT2D eigenvalue weighted by Crippen LogP contribution is -2.56. The summed E-state index contributed by atoms with van der Waals surface area (Å²) >= 11 is 0. The number of hydrogen-bond donors (Lipinski definition) is 6. The highest BCUT2D eigenvalue weighted by Gasteiger charge is 2.51. The van der Waals surface area contributed by atoms with E-state index >= 15 is 0 Å². The van der Waals surface area contributed by atoms with Crippen molar-refractivity contribution in [2.45, 2.75) is 43.4 Å². The van der Waals surface area contributed by atoms with E-state index in [1.54, 1.807) is 0 Å². The molecular formula is C15H24N8O5. The molecule has 13 nitrogen and oxygen atoms in total. The van der Waals surface area contributed by atoms with Gasteiger partial charge in [-0.05, 0) is 18.9 Å². The first kappa shape index (κ1) is 19.9. The van der Waals surface area contributed by atoms with Crippen molar-refractivity contribution in [3.63, 3.8) is 0 Å². The predicted octanol–water partition coefficient (Wildman–Crippen LogP) is -2.37. The van der Waals surface area contributed by atoms with Crippen molar-refractivity contribution in [3.05, 3.63) is 22.7 Å². The van der Waals surface area contributed by atoms with Crippen LogP contribution in [0.15, 0.2) is 27.2 Å². The number of guanidine groups is 1. The molecule has 2 saturated heterocycles. The number of nitrogens with zero attached hydrogens (tertiary/aromatic N) is 4. The molecule has 9 N–H and O–H groups in total. The van der Waals surface area contributed by atoms with Crippen molar-refractivity contribution in [3.8, 4) is 0 Å². The van der Waals surface area contributed by atoms with Gasteiger partial charge in [0.2, 0.25) is 5.90 Å². The number of anilines is 1. The Morgan fingerprint density at radius 1 is 1.50 bits per heavy atom. The molecule has 28 heavy (non-hydrogen) atoms. The summed E-state index contributed by atoms with van der Waals surface area (Å²) in [7, 11) is 0. The molecule has 1 aromatic rings. The van der Waals surface area contributed by atoms with E-state index in [1.165, 1.54) is 12.3 Å². The van der Waals surface area contributed by atoms with Gasteiger partial charge in [-0.25, -0.2) is 4.79 Å². The molecule has 0 aliphatic carbocycles. The fourth-order valence-electron chi connectivity index (χ4n) is 3.35. The molecule has 4 unspecified atom stereocenters. The average molecular weight is 396 g/mol. The van der Waals surface area contributed by atoms with E-state index in [0.29, 0.717) is 19.4 Å². The Morgan fingerprint density at radius 3 is 2.93 bits per heavy atom. The number of nitrogen functional groups attached to an aromatic ring is 1. The van der Waals surface area contributed by atoms with Crippen molar-refractivity contribution in [1.82, 2.24) is 14.9 Å². The quantitative estimate of drug-likeness (QED) is 0.102. The van der Waals surface area contributed by atoms with Gasteiger partial charge in [0.25, 0.3) is 0 Å². The first-order valence-electron chi connectivity index (χ1n) is 8.72. The fraction of sp³-hybridized carbons (Fsp3) is 0.600. The Bertz CT molecular complexity index is 823. The summed E-state index contributed by atoms with van der Waals surface area (Å²) < 4.78 is 12.6. The highest BCUT2D eigenvalue weighted by molar-refractivity contribution is 5.83. The Balaban J connectivity index is 1.66. The number of ether oxygens (including phenoxy) is 2. The minimum absolute atomic E-state index is 0.00500. The Labute approximate surface area is 159 Å². The third-order valence-electron chi connectivity index (χ3n) is 4.56. The van der Waals surface area contributed by atoms with Gasteiger partial charge in [-0.1, -0.05) is 5.16 Å². The van der Waals surface area contributed by atoms with Crippen LogP contribution in [0.2, 0.25) is 0 Å². The van der Waals surface area contributed by atoms with Crippen LogP contribution in [-0.2, 0) is 9.47 Å². The van der Waals surface area contributed by atoms with E-state index < -0.39 is 29.8 Å². The highest BCUT2D eigenvalue weighted by Crippen LogP contribution is 2.34. The maximum absolute atomic E-state index is 12.0. The van der Waals surface area contributed by atoms with Gasteiger partial charge < -0.3 is 37.0 Å². The maximum atomic E-state index is 12.0. The van der Waals surface area contributed by atoms with E-state index in [1.807, 2.05) is 0 Å². The van der Waals surface area contributed by atoms with Crippen LogP contribution in [0.1, 0.15) is 25.5 Å². The summed E-state index contributed by atoms with van der Waals surface area (Å²) in [5.74, 6) is 0.173. The summed E-state index contributed by atoms with van der Waals surface area (Å²) in [6.45, 7) is 0.426. The van der Waals surface area contributed by atoms with Gasteiger partial charge in [-0.2, -0.15) is 4.98 Å². The lowest BCUT2D eigenvalue weighted by molar-refractivity contribution is -0.194. The molecule has 0 amide bonds. The first-order chi connectivity index (χ1) is 13.3. The van der Waals surface area contributed by atoms with Crippen molar-refractivity contribution in [1.29, 1.82) is 0 Å². The smallest absolute Gasteiger partial charge is 0.351 e. The largest absolute Gasteiger partial charge is 0.453 e. The average Bonchev–Trinajstić information content (AvgIpc) is 2.97. The number of oxime groups is 1. The Hall–Kier alpha value is -2.90. The molecule has 2 aliphatic rings. The Morgan fingerprint density at radius 2 is 2.29 bits per heavy atom. The van der Waals surface area contributed by atoms with E-state index in [9.17, 15) is 15.1 Å². The second-order valence-corrected chi connectivity index (χ2v) is 6.70. The van der Waals surface area contributed by atoms with Crippen molar-refractivity contribution in [2.75, 3.05) is 18.9 Å². The second kappa shape index (κ2) is 8.00. The minimum Gasteiger partial charge on any atom is -0.453 e. The van der Waals surface area contributed by atoms with Crippen LogP contribution < -0.4 is 28.2 Å². The van der Waals surface area contributed by atoms with Crippen LogP contribution >= 0.6 is 0 Å². The van der Waals surface area contributed by atoms with Gasteiger partial charge in [0, 0.05) is 19.2 Å². The summed E-state index contributed by atoms with van der Waals surface area (Å²) in [4.78, 5) is 19.5. The molecule has 13 heteroatoms. The van der Waals surface area contributed by atoms with Crippen LogP contribution in [0.4, 0.5) is 5.82 Å². The molecule has 1 aromatic heterocycles. The van der Waals surface area contributed by atoms with Gasteiger partial charge in [-0.3, -0.25) is 14.9 Å². The third kappa shape index (κ3) is 4.16. The van der Waals surface area contributed by atoms with Gasteiger partial charge in [0.15, 0.2) is 17.9 Å². The zero-order chi connectivity index (χ0) is 20.3. The number of nitrogens with two attached hydrogens (primary N) is 3. The van der Waals surface area contributed by atoms with E-state index in [0.717, 1.165) is 4.57 Å². The predicted molar refractivity (Wildman–Crippen MR) is 98.4 cm³/mol. The minimum atomic E-state index is -1.08. The van der Waals surface area contributed by atoms with Crippen molar-refractivity contribution in [2.24, 2.45) is 21.6 Å². The molecule has 4 atom stereocenters. The van der Waals surface area contributed by atoms with Crippen molar-refractivity contribution >= 4 is 17.7 Å². The standard InChI is InChI=1S/C15H24N8O5/c16-10-3-5-23(14(25)20-10)12-9(24)6-15(7-27-12)21-8(11(22-26)28-15)2-1-4-19-13(17)18/h3,5,8-9,12,21,24,26H,1-2,4,6-7H2,(H2,16,20,25)(H4,17,18,19). The number of aliphatic imine (C=N–C) groups is 1. The third-order valence-corrected chi connectivity index (χ3v) is 4.56. The molecule has 0 saturated carbocycles. The number of nitrogens with one attached hydrogen (secondary N) is 1. The topological polar surface area (TPSA) is 209 Å².